The highest BCUT2D eigenvalue weighted by Gasteiger charge is 2.19. The van der Waals surface area contributed by atoms with Crippen molar-refractivity contribution in [2.24, 2.45) is 0 Å². The molecule has 31 heavy (non-hydrogen) atoms. The van der Waals surface area contributed by atoms with E-state index in [1.165, 1.54) is 18.3 Å². The third-order valence-electron chi connectivity index (χ3n) is 4.48. The number of rotatable bonds is 10. The van der Waals surface area contributed by atoms with Crippen molar-refractivity contribution >= 4 is 28.0 Å². The van der Waals surface area contributed by atoms with Crippen LogP contribution >= 0.6 is 0 Å². The molecule has 0 fully saturated rings. The summed E-state index contributed by atoms with van der Waals surface area (Å²) in [5.74, 6) is -1.85. The molecule has 3 rings (SSSR count). The van der Waals surface area contributed by atoms with Gasteiger partial charge in [-0.05, 0) is 54.8 Å². The molecule has 0 aliphatic heterocycles. The first kappa shape index (κ1) is 22.9. The van der Waals surface area contributed by atoms with E-state index < -0.39 is 34.2 Å². The second kappa shape index (κ2) is 10.5. The quantitative estimate of drug-likeness (QED) is 0.249. The van der Waals surface area contributed by atoms with E-state index in [4.69, 9.17) is 14.4 Å². The summed E-state index contributed by atoms with van der Waals surface area (Å²) in [7, 11) is 0. The van der Waals surface area contributed by atoms with Crippen LogP contribution in [0, 0.1) is 11.6 Å². The van der Waals surface area contributed by atoms with E-state index >= 15 is 0 Å². The average molecular weight is 450 g/mol. The van der Waals surface area contributed by atoms with Gasteiger partial charge in [-0.1, -0.05) is 0 Å². The first-order chi connectivity index (χ1) is 14.9. The number of hydrogen-bond donors (Lipinski definition) is 3. The molecule has 7 nitrogen and oxygen atoms in total. The maximum absolute atomic E-state index is 14.9. The van der Waals surface area contributed by atoms with Crippen LogP contribution in [-0.4, -0.2) is 44.4 Å². The van der Waals surface area contributed by atoms with E-state index in [0.717, 1.165) is 12.1 Å². The monoisotopic (exact) mass is 450 g/mol. The zero-order chi connectivity index (χ0) is 22.4. The number of pyridine rings is 1. The molecule has 1 unspecified atom stereocenters. The molecule has 1 atom stereocenters. The molecule has 10 heteroatoms. The number of nitrogens with one attached hydrogen (secondary N) is 1. The molecule has 0 amide bonds. The fourth-order valence-electron chi connectivity index (χ4n) is 3.08. The van der Waals surface area contributed by atoms with E-state index in [1.807, 2.05) is 0 Å². The van der Waals surface area contributed by atoms with Crippen molar-refractivity contribution in [3.8, 4) is 5.75 Å². The van der Waals surface area contributed by atoms with Crippen LogP contribution in [0.1, 0.15) is 27.9 Å². The zero-order valence-corrected chi connectivity index (χ0v) is 17.1. The number of halogens is 2. The van der Waals surface area contributed by atoms with Crippen molar-refractivity contribution in [1.29, 1.82) is 0 Å². The van der Waals surface area contributed by atoms with Crippen LogP contribution in [0.25, 0.3) is 10.9 Å². The Labute approximate surface area is 179 Å². The van der Waals surface area contributed by atoms with Crippen molar-refractivity contribution in [1.82, 2.24) is 9.71 Å². The van der Waals surface area contributed by atoms with Gasteiger partial charge in [0.25, 0.3) is 0 Å². The molecule has 0 aliphatic rings. The number of carbonyl (C=O) groups excluding carboxylic acids is 1. The fraction of sp³-hybridized carbons (Fsp3) is 0.238. The number of aryl methyl sites for hydroxylation is 1. The lowest BCUT2D eigenvalue weighted by molar-refractivity contribution is 0.103. The highest BCUT2D eigenvalue weighted by atomic mass is 32.2. The molecule has 0 saturated carbocycles. The predicted octanol–water partition coefficient (Wildman–Crippen LogP) is 2.77. The molecule has 0 spiro atoms. The molecule has 0 aliphatic carbocycles. The van der Waals surface area contributed by atoms with Crippen LogP contribution < -0.4 is 9.46 Å². The van der Waals surface area contributed by atoms with Gasteiger partial charge < -0.3 is 9.84 Å². The van der Waals surface area contributed by atoms with Gasteiger partial charge in [0.15, 0.2) is 5.78 Å². The third kappa shape index (κ3) is 5.88. The summed E-state index contributed by atoms with van der Waals surface area (Å²) in [6, 6.07) is 8.09. The Morgan fingerprint density at radius 2 is 2.00 bits per heavy atom. The Morgan fingerprint density at radius 1 is 1.19 bits per heavy atom. The Bertz CT molecular complexity index is 1130. The third-order valence-corrected chi connectivity index (χ3v) is 4.94. The molecule has 1 aromatic heterocycles. The van der Waals surface area contributed by atoms with Gasteiger partial charge in [-0.15, -0.1) is 0 Å². The lowest BCUT2D eigenvalue weighted by atomic mass is 9.97. The number of aromatic nitrogens is 1. The molecule has 164 valence electrons. The Balaban J connectivity index is 1.87. The predicted molar refractivity (Wildman–Crippen MR) is 111 cm³/mol. The molecule has 3 N–H and O–H groups in total. The molecule has 2 aromatic carbocycles. The summed E-state index contributed by atoms with van der Waals surface area (Å²) in [5, 5.41) is 9.43. The van der Waals surface area contributed by atoms with Crippen LogP contribution in [0.15, 0.2) is 42.6 Å². The van der Waals surface area contributed by atoms with Crippen LogP contribution in [0.3, 0.4) is 0 Å². The minimum absolute atomic E-state index is 0.0102. The Morgan fingerprint density at radius 3 is 2.74 bits per heavy atom. The van der Waals surface area contributed by atoms with E-state index in [1.54, 1.807) is 12.1 Å². The van der Waals surface area contributed by atoms with Crippen LogP contribution in [0.5, 0.6) is 5.75 Å². The maximum atomic E-state index is 14.9. The largest absolute Gasteiger partial charge is 0.490 e. The van der Waals surface area contributed by atoms with Gasteiger partial charge in [-0.25, -0.2) is 17.7 Å². The molecule has 3 aromatic rings. The smallest absolute Gasteiger partial charge is 0.231 e. The second-order valence-electron chi connectivity index (χ2n) is 6.65. The van der Waals surface area contributed by atoms with Crippen LogP contribution in [0.4, 0.5) is 8.78 Å². The van der Waals surface area contributed by atoms with Gasteiger partial charge >= 0.3 is 0 Å². The summed E-state index contributed by atoms with van der Waals surface area (Å²) >= 11 is -2.18. The number of benzene rings is 2. The molecular formula is C21H20F2N2O5S. The van der Waals surface area contributed by atoms with Crippen molar-refractivity contribution in [2.75, 3.05) is 19.8 Å². The summed E-state index contributed by atoms with van der Waals surface area (Å²) < 4.78 is 55.9. The number of ether oxygens (including phenoxy) is 1. The SMILES string of the molecule is O=C(c1ccc2ncc(OCCO)cc2c1)c1cc(F)cc(CCCNS(=O)O)c1F. The number of aliphatic hydroxyl groups excluding tert-OH is 1. The van der Waals surface area contributed by atoms with Crippen molar-refractivity contribution in [3.05, 3.63) is 70.9 Å². The summed E-state index contributed by atoms with van der Waals surface area (Å²) in [6.45, 7) is 0.0548. The zero-order valence-electron chi connectivity index (χ0n) is 16.3. The lowest BCUT2D eigenvalue weighted by Crippen LogP contribution is -2.18. The molecule has 0 radical (unpaired) electrons. The maximum Gasteiger partial charge on any atom is 0.231 e. The topological polar surface area (TPSA) is 109 Å². The number of hydrogen-bond acceptors (Lipinski definition) is 5. The van der Waals surface area contributed by atoms with Gasteiger partial charge in [0.2, 0.25) is 11.3 Å². The number of fused-ring (bicyclic) bond motifs is 1. The van der Waals surface area contributed by atoms with E-state index in [-0.39, 0.29) is 43.7 Å². The minimum atomic E-state index is -2.18. The van der Waals surface area contributed by atoms with Crippen LogP contribution in [-0.2, 0) is 17.7 Å². The first-order valence-corrected chi connectivity index (χ1v) is 10.5. The normalized spacial score (nSPS) is 12.1. The van der Waals surface area contributed by atoms with E-state index in [2.05, 4.69) is 9.71 Å². The van der Waals surface area contributed by atoms with Gasteiger partial charge in [0.1, 0.15) is 24.0 Å². The van der Waals surface area contributed by atoms with Gasteiger partial charge in [-0.3, -0.25) is 14.3 Å². The van der Waals surface area contributed by atoms with Gasteiger partial charge in [-0.2, -0.15) is 0 Å². The molecular weight excluding hydrogens is 430 g/mol. The van der Waals surface area contributed by atoms with Gasteiger partial charge in [0, 0.05) is 17.5 Å². The Hall–Kier alpha value is -2.79. The highest BCUT2D eigenvalue weighted by Crippen LogP contribution is 2.24. The van der Waals surface area contributed by atoms with Crippen molar-refractivity contribution < 1.29 is 32.2 Å². The second-order valence-corrected chi connectivity index (χ2v) is 7.44. The van der Waals surface area contributed by atoms with E-state index in [0.29, 0.717) is 16.7 Å². The standard InChI is InChI=1S/C21H20F2N2O5S/c22-16-9-13(2-1-5-25-31(28)29)20(23)18(11-16)21(27)14-3-4-19-15(8-14)10-17(12-24-19)30-7-6-26/h3-4,8-12,25-26H,1-2,5-7H2,(H,28,29). The van der Waals surface area contributed by atoms with E-state index in [9.17, 15) is 17.8 Å². The molecule has 1 heterocycles. The van der Waals surface area contributed by atoms with Crippen LogP contribution in [0.2, 0.25) is 0 Å². The molecule has 0 bridgehead atoms. The summed E-state index contributed by atoms with van der Waals surface area (Å²) in [4.78, 5) is 17.1. The summed E-state index contributed by atoms with van der Waals surface area (Å²) in [5.41, 5.74) is 0.355. The Kier molecular flexibility index (Phi) is 7.75. The fourth-order valence-corrected chi connectivity index (χ4v) is 3.40. The lowest BCUT2D eigenvalue weighted by Gasteiger charge is -2.10. The number of nitrogens with zero attached hydrogens (tertiary/aromatic N) is 1. The van der Waals surface area contributed by atoms with Gasteiger partial charge in [0.05, 0.1) is 23.9 Å². The highest BCUT2D eigenvalue weighted by molar-refractivity contribution is 7.77. The van der Waals surface area contributed by atoms with Crippen molar-refractivity contribution in [2.45, 2.75) is 12.8 Å². The molecule has 0 saturated heterocycles. The first-order valence-electron chi connectivity index (χ1n) is 9.39. The number of aliphatic hydroxyl groups is 1. The summed E-state index contributed by atoms with van der Waals surface area (Å²) in [6.07, 6.45) is 1.85. The average Bonchev–Trinajstić information content (AvgIpc) is 2.76. The minimum Gasteiger partial charge on any atom is -0.490 e. The number of carbonyl (C=O) groups is 1. The van der Waals surface area contributed by atoms with Crippen molar-refractivity contribution in [3.63, 3.8) is 0 Å². The number of ketones is 1.